The maximum Gasteiger partial charge on any atom is 0.257 e. The molecule has 0 aliphatic carbocycles. The lowest BCUT2D eigenvalue weighted by Gasteiger charge is -2.09. The van der Waals surface area contributed by atoms with E-state index in [4.69, 9.17) is 23.2 Å². The first-order valence-electron chi connectivity index (χ1n) is 7.05. The number of unbranched alkanes of at least 4 members (excludes halogenated alkanes) is 3. The number of rotatable bonds is 9. The van der Waals surface area contributed by atoms with Crippen molar-refractivity contribution in [3.05, 3.63) is 24.3 Å². The lowest BCUT2D eigenvalue weighted by atomic mass is 10.2. The van der Waals surface area contributed by atoms with Crippen molar-refractivity contribution in [2.45, 2.75) is 42.3 Å². The summed E-state index contributed by atoms with van der Waals surface area (Å²) in [7, 11) is -3.52. The van der Waals surface area contributed by atoms with E-state index >= 15 is 0 Å². The van der Waals surface area contributed by atoms with Crippen molar-refractivity contribution in [2.24, 2.45) is 0 Å². The third-order valence-electron chi connectivity index (χ3n) is 2.95. The number of hydrogen-bond acceptors (Lipinski definition) is 3. The molecule has 1 aromatic rings. The van der Waals surface area contributed by atoms with Crippen molar-refractivity contribution in [1.29, 1.82) is 0 Å². The predicted octanol–water partition coefficient (Wildman–Crippen LogP) is 3.29. The second kappa shape index (κ2) is 9.35. The van der Waals surface area contributed by atoms with E-state index in [2.05, 4.69) is 17.0 Å². The first kappa shape index (κ1) is 19.2. The molecule has 8 heteroatoms. The molecule has 5 nitrogen and oxygen atoms in total. The standard InChI is InChI=1S/C14H20Cl2N2O3S/c1-2-3-4-5-10-17-22(20,21)12-8-6-11(7-9-12)18-14(19)13(15)16/h6-9,13,17H,2-5,10H2,1H3,(H,18,19). The zero-order chi connectivity index (χ0) is 16.6. The van der Waals surface area contributed by atoms with Crippen LogP contribution in [0.4, 0.5) is 5.69 Å². The summed E-state index contributed by atoms with van der Waals surface area (Å²) >= 11 is 10.8. The van der Waals surface area contributed by atoms with Gasteiger partial charge in [-0.05, 0) is 30.7 Å². The van der Waals surface area contributed by atoms with Crippen LogP contribution < -0.4 is 10.0 Å². The highest BCUT2D eigenvalue weighted by Gasteiger charge is 2.14. The molecule has 0 aromatic heterocycles. The van der Waals surface area contributed by atoms with Gasteiger partial charge in [-0.3, -0.25) is 4.79 Å². The van der Waals surface area contributed by atoms with Gasteiger partial charge in [0.2, 0.25) is 10.0 Å². The maximum absolute atomic E-state index is 12.1. The highest BCUT2D eigenvalue weighted by Crippen LogP contribution is 2.15. The van der Waals surface area contributed by atoms with Crippen LogP contribution in [0.3, 0.4) is 0 Å². The molecule has 0 radical (unpaired) electrons. The van der Waals surface area contributed by atoms with Crippen LogP contribution in [0.2, 0.25) is 0 Å². The van der Waals surface area contributed by atoms with Crippen molar-refractivity contribution < 1.29 is 13.2 Å². The quantitative estimate of drug-likeness (QED) is 0.520. The summed E-state index contributed by atoms with van der Waals surface area (Å²) in [6.45, 7) is 2.52. The summed E-state index contributed by atoms with van der Waals surface area (Å²) in [5.74, 6) is -0.562. The normalized spacial score (nSPS) is 11.6. The molecular weight excluding hydrogens is 347 g/mol. The number of carbonyl (C=O) groups is 1. The van der Waals surface area contributed by atoms with Crippen LogP contribution in [0.5, 0.6) is 0 Å². The number of nitrogens with one attached hydrogen (secondary N) is 2. The van der Waals surface area contributed by atoms with Gasteiger partial charge in [0, 0.05) is 12.2 Å². The smallest absolute Gasteiger partial charge is 0.257 e. The largest absolute Gasteiger partial charge is 0.324 e. The van der Waals surface area contributed by atoms with Crippen molar-refractivity contribution in [2.75, 3.05) is 11.9 Å². The summed E-state index contributed by atoms with van der Waals surface area (Å²) in [5, 5.41) is 2.47. The number of amides is 1. The summed E-state index contributed by atoms with van der Waals surface area (Å²) in [6.07, 6.45) is 4.01. The monoisotopic (exact) mass is 366 g/mol. The minimum Gasteiger partial charge on any atom is -0.324 e. The Kier molecular flexibility index (Phi) is 8.17. The summed E-state index contributed by atoms with van der Waals surface area (Å²) < 4.78 is 26.7. The van der Waals surface area contributed by atoms with Gasteiger partial charge < -0.3 is 5.32 Å². The number of carbonyl (C=O) groups excluding carboxylic acids is 1. The van der Waals surface area contributed by atoms with E-state index in [0.29, 0.717) is 12.2 Å². The average molecular weight is 367 g/mol. The third-order valence-corrected chi connectivity index (χ3v) is 4.83. The van der Waals surface area contributed by atoms with E-state index in [9.17, 15) is 13.2 Å². The Hall–Kier alpha value is -0.820. The van der Waals surface area contributed by atoms with Gasteiger partial charge in [-0.1, -0.05) is 49.4 Å². The molecule has 0 fully saturated rings. The molecule has 124 valence electrons. The molecule has 2 N–H and O–H groups in total. The van der Waals surface area contributed by atoms with Crippen LogP contribution in [-0.4, -0.2) is 25.7 Å². The first-order valence-corrected chi connectivity index (χ1v) is 9.41. The van der Waals surface area contributed by atoms with E-state index in [1.165, 1.54) is 24.3 Å². The van der Waals surface area contributed by atoms with E-state index in [1.807, 2.05) is 0 Å². The van der Waals surface area contributed by atoms with E-state index in [1.54, 1.807) is 0 Å². The lowest BCUT2D eigenvalue weighted by molar-refractivity contribution is -0.114. The molecule has 0 saturated heterocycles. The highest BCUT2D eigenvalue weighted by atomic mass is 35.5. The number of hydrogen-bond donors (Lipinski definition) is 2. The minimum absolute atomic E-state index is 0.147. The molecule has 0 unspecified atom stereocenters. The molecule has 0 saturated carbocycles. The molecule has 0 atom stereocenters. The summed E-state index contributed by atoms with van der Waals surface area (Å²) in [4.78, 5) is 10.3. The van der Waals surface area contributed by atoms with Gasteiger partial charge in [-0.15, -0.1) is 0 Å². The molecule has 0 spiro atoms. The molecule has 1 amide bonds. The van der Waals surface area contributed by atoms with Gasteiger partial charge in [-0.25, -0.2) is 13.1 Å². The van der Waals surface area contributed by atoms with Crippen molar-refractivity contribution >= 4 is 44.8 Å². The van der Waals surface area contributed by atoms with Crippen LogP contribution in [-0.2, 0) is 14.8 Å². The predicted molar refractivity (Wildman–Crippen MR) is 89.9 cm³/mol. The maximum atomic E-state index is 12.1. The van der Waals surface area contributed by atoms with E-state index in [-0.39, 0.29) is 4.90 Å². The van der Waals surface area contributed by atoms with Crippen LogP contribution >= 0.6 is 23.2 Å². The minimum atomic E-state index is -3.52. The van der Waals surface area contributed by atoms with Gasteiger partial charge in [0.15, 0.2) is 4.84 Å². The Labute approximate surface area is 141 Å². The number of halogens is 2. The Morgan fingerprint density at radius 2 is 1.77 bits per heavy atom. The Morgan fingerprint density at radius 3 is 2.32 bits per heavy atom. The van der Waals surface area contributed by atoms with Gasteiger partial charge in [-0.2, -0.15) is 0 Å². The average Bonchev–Trinajstić information content (AvgIpc) is 2.47. The van der Waals surface area contributed by atoms with Crippen LogP contribution in [0, 0.1) is 0 Å². The Morgan fingerprint density at radius 1 is 1.14 bits per heavy atom. The fourth-order valence-corrected chi connectivity index (χ4v) is 2.94. The van der Waals surface area contributed by atoms with Crippen LogP contribution in [0.15, 0.2) is 29.2 Å². The molecule has 0 heterocycles. The van der Waals surface area contributed by atoms with Gasteiger partial charge in [0.05, 0.1) is 4.90 Å². The third kappa shape index (κ3) is 6.52. The van der Waals surface area contributed by atoms with E-state index in [0.717, 1.165) is 25.7 Å². The fourth-order valence-electron chi connectivity index (χ4n) is 1.76. The van der Waals surface area contributed by atoms with Gasteiger partial charge in [0.25, 0.3) is 5.91 Å². The summed E-state index contributed by atoms with van der Waals surface area (Å²) in [5.41, 5.74) is 0.429. The molecule has 0 bridgehead atoms. The lowest BCUT2D eigenvalue weighted by Crippen LogP contribution is -2.25. The topological polar surface area (TPSA) is 75.3 Å². The fraction of sp³-hybridized carbons (Fsp3) is 0.500. The molecule has 1 rings (SSSR count). The van der Waals surface area contributed by atoms with E-state index < -0.39 is 20.8 Å². The first-order chi connectivity index (χ1) is 10.4. The van der Waals surface area contributed by atoms with Crippen molar-refractivity contribution in [3.8, 4) is 0 Å². The summed E-state index contributed by atoms with van der Waals surface area (Å²) in [6, 6.07) is 5.81. The SMILES string of the molecule is CCCCCCNS(=O)(=O)c1ccc(NC(=O)C(Cl)Cl)cc1. The second-order valence-corrected chi connectivity index (χ2v) is 7.64. The van der Waals surface area contributed by atoms with Crippen molar-refractivity contribution in [3.63, 3.8) is 0 Å². The molecule has 22 heavy (non-hydrogen) atoms. The number of alkyl halides is 2. The Bertz CT molecular complexity index is 574. The Balaban J connectivity index is 2.59. The number of anilines is 1. The zero-order valence-corrected chi connectivity index (χ0v) is 14.6. The highest BCUT2D eigenvalue weighted by molar-refractivity contribution is 7.89. The van der Waals surface area contributed by atoms with Crippen LogP contribution in [0.1, 0.15) is 32.6 Å². The number of benzene rings is 1. The molecule has 0 aliphatic heterocycles. The number of sulfonamides is 1. The second-order valence-electron chi connectivity index (χ2n) is 4.77. The molecular formula is C14H20Cl2N2O3S. The van der Waals surface area contributed by atoms with Gasteiger partial charge >= 0.3 is 0 Å². The zero-order valence-electron chi connectivity index (χ0n) is 12.3. The van der Waals surface area contributed by atoms with Crippen molar-refractivity contribution in [1.82, 2.24) is 4.72 Å². The van der Waals surface area contributed by atoms with Crippen LogP contribution in [0.25, 0.3) is 0 Å². The molecule has 1 aromatic carbocycles. The molecule has 0 aliphatic rings. The van der Waals surface area contributed by atoms with Gasteiger partial charge in [0.1, 0.15) is 0 Å².